The van der Waals surface area contributed by atoms with Gasteiger partial charge in [0.15, 0.2) is 0 Å². The molecule has 0 atom stereocenters. The van der Waals surface area contributed by atoms with Gasteiger partial charge in [0.2, 0.25) is 0 Å². The Morgan fingerprint density at radius 2 is 2.30 bits per heavy atom. The quantitative estimate of drug-likeness (QED) is 0.509. The number of nitrogens with zero attached hydrogens (tertiary/aromatic N) is 1. The van der Waals surface area contributed by atoms with Crippen LogP contribution in [0.25, 0.3) is 10.9 Å². The molecule has 46 valence electrons. The Kier molecular flexibility index (Phi) is 1.03. The fourth-order valence-electron chi connectivity index (χ4n) is 1.00. The molecule has 2 heterocycles. The second-order valence-electron chi connectivity index (χ2n) is 2.17. The lowest BCUT2D eigenvalue weighted by Crippen LogP contribution is -2.03. The first-order valence-corrected chi connectivity index (χ1v) is 3.04. The topological polar surface area (TPSA) is 28.7 Å². The summed E-state index contributed by atoms with van der Waals surface area (Å²) in [7, 11) is 5.61. The number of aromatic amines is 1. The zero-order valence-corrected chi connectivity index (χ0v) is 5.33. The molecule has 0 aliphatic carbocycles. The molecule has 10 heavy (non-hydrogen) atoms. The van der Waals surface area contributed by atoms with Gasteiger partial charge in [-0.1, -0.05) is 5.46 Å². The molecular weight excluding hydrogens is 123 g/mol. The van der Waals surface area contributed by atoms with Gasteiger partial charge in [-0.15, -0.1) is 0 Å². The van der Waals surface area contributed by atoms with Crippen molar-refractivity contribution in [3.05, 3.63) is 24.7 Å². The minimum atomic E-state index is 0.697. The molecule has 2 radical (unpaired) electrons. The Bertz CT molecular complexity index is 353. The van der Waals surface area contributed by atoms with Crippen LogP contribution in [0.3, 0.4) is 0 Å². The number of H-pyrrole nitrogens is 1. The lowest BCUT2D eigenvalue weighted by molar-refractivity contribution is 1.38. The average molecular weight is 128 g/mol. The standard InChI is InChI=1S/C7H5BN2/c8-6-4-9-3-5-1-2-10-7(5)6/h1-4,10H. The molecule has 1 N–H and O–H groups in total. The lowest BCUT2D eigenvalue weighted by atomic mass is 9.97. The number of hydrogen-bond donors (Lipinski definition) is 1. The minimum Gasteiger partial charge on any atom is -0.362 e. The maximum Gasteiger partial charge on any atom is 0.118 e. The normalized spacial score (nSPS) is 10.4. The van der Waals surface area contributed by atoms with Crippen LogP contribution < -0.4 is 5.46 Å². The van der Waals surface area contributed by atoms with E-state index in [0.29, 0.717) is 5.46 Å². The van der Waals surface area contributed by atoms with Crippen LogP contribution in [0.1, 0.15) is 0 Å². The highest BCUT2D eigenvalue weighted by Gasteiger charge is 1.94. The Labute approximate surface area is 59.7 Å². The van der Waals surface area contributed by atoms with Gasteiger partial charge >= 0.3 is 0 Å². The van der Waals surface area contributed by atoms with Crippen LogP contribution >= 0.6 is 0 Å². The SMILES string of the molecule is [B]c1cncc2cc[nH]c12. The number of hydrogen-bond acceptors (Lipinski definition) is 1. The van der Waals surface area contributed by atoms with Gasteiger partial charge in [0.1, 0.15) is 7.85 Å². The maximum atomic E-state index is 5.61. The molecule has 2 aromatic rings. The molecule has 0 aromatic carbocycles. The molecule has 0 fully saturated rings. The van der Waals surface area contributed by atoms with Crippen molar-refractivity contribution in [2.24, 2.45) is 0 Å². The molecule has 0 amide bonds. The predicted octanol–water partition coefficient (Wildman–Crippen LogP) is 0.357. The van der Waals surface area contributed by atoms with E-state index in [-0.39, 0.29) is 0 Å². The van der Waals surface area contributed by atoms with E-state index in [1.54, 1.807) is 12.4 Å². The summed E-state index contributed by atoms with van der Waals surface area (Å²) in [5.74, 6) is 0. The molecule has 2 aromatic heterocycles. The minimum absolute atomic E-state index is 0.697. The Morgan fingerprint density at radius 3 is 3.10 bits per heavy atom. The molecule has 0 bridgehead atoms. The Balaban J connectivity index is 2.95. The van der Waals surface area contributed by atoms with Gasteiger partial charge in [0, 0.05) is 29.5 Å². The van der Waals surface area contributed by atoms with E-state index in [1.165, 1.54) is 0 Å². The van der Waals surface area contributed by atoms with Crippen molar-refractivity contribution in [3.8, 4) is 0 Å². The molecular formula is C7H5BN2. The molecule has 0 spiro atoms. The van der Waals surface area contributed by atoms with Crippen LogP contribution in [0.2, 0.25) is 0 Å². The zero-order chi connectivity index (χ0) is 6.97. The van der Waals surface area contributed by atoms with Gasteiger partial charge in [0.25, 0.3) is 0 Å². The first kappa shape index (κ1) is 5.53. The molecule has 0 saturated heterocycles. The fourth-order valence-corrected chi connectivity index (χ4v) is 1.00. The summed E-state index contributed by atoms with van der Waals surface area (Å²) < 4.78 is 0. The Morgan fingerprint density at radius 1 is 1.40 bits per heavy atom. The van der Waals surface area contributed by atoms with E-state index in [9.17, 15) is 0 Å². The van der Waals surface area contributed by atoms with Crippen molar-refractivity contribution in [2.45, 2.75) is 0 Å². The molecule has 2 nitrogen and oxygen atoms in total. The van der Waals surface area contributed by atoms with Crippen LogP contribution in [-0.4, -0.2) is 17.8 Å². The molecule has 0 unspecified atom stereocenters. The van der Waals surface area contributed by atoms with Gasteiger partial charge in [-0.05, 0) is 6.07 Å². The highest BCUT2D eigenvalue weighted by molar-refractivity contribution is 6.37. The second kappa shape index (κ2) is 1.87. The zero-order valence-electron chi connectivity index (χ0n) is 5.33. The van der Waals surface area contributed by atoms with E-state index in [0.717, 1.165) is 10.9 Å². The van der Waals surface area contributed by atoms with Crippen molar-refractivity contribution < 1.29 is 0 Å². The molecule has 0 saturated carbocycles. The lowest BCUT2D eigenvalue weighted by Gasteiger charge is -1.92. The highest BCUT2D eigenvalue weighted by Crippen LogP contribution is 2.04. The number of aromatic nitrogens is 2. The van der Waals surface area contributed by atoms with Crippen molar-refractivity contribution in [2.75, 3.05) is 0 Å². The van der Waals surface area contributed by atoms with E-state index in [2.05, 4.69) is 9.97 Å². The van der Waals surface area contributed by atoms with Gasteiger partial charge < -0.3 is 4.98 Å². The monoisotopic (exact) mass is 128 g/mol. The number of pyridine rings is 1. The maximum absolute atomic E-state index is 5.61. The summed E-state index contributed by atoms with van der Waals surface area (Å²) in [6, 6.07) is 1.94. The van der Waals surface area contributed by atoms with Gasteiger partial charge in [-0.2, -0.15) is 0 Å². The van der Waals surface area contributed by atoms with Crippen molar-refractivity contribution in [1.82, 2.24) is 9.97 Å². The van der Waals surface area contributed by atoms with Crippen LogP contribution in [0.5, 0.6) is 0 Å². The summed E-state index contributed by atoms with van der Waals surface area (Å²) in [5, 5.41) is 1.06. The average Bonchev–Trinajstić information content (AvgIpc) is 2.36. The van der Waals surface area contributed by atoms with Gasteiger partial charge in [-0.25, -0.2) is 0 Å². The summed E-state index contributed by atoms with van der Waals surface area (Å²) in [6.45, 7) is 0. The second-order valence-corrected chi connectivity index (χ2v) is 2.17. The van der Waals surface area contributed by atoms with Crippen molar-refractivity contribution >= 4 is 24.2 Å². The van der Waals surface area contributed by atoms with E-state index < -0.39 is 0 Å². The van der Waals surface area contributed by atoms with E-state index >= 15 is 0 Å². The number of nitrogens with one attached hydrogen (secondary N) is 1. The van der Waals surface area contributed by atoms with Crippen LogP contribution in [0.4, 0.5) is 0 Å². The first-order valence-electron chi connectivity index (χ1n) is 3.04. The third-order valence-electron chi connectivity index (χ3n) is 1.50. The fraction of sp³-hybridized carbons (Fsp3) is 0. The molecule has 3 heteroatoms. The third-order valence-corrected chi connectivity index (χ3v) is 1.50. The number of rotatable bonds is 0. The largest absolute Gasteiger partial charge is 0.362 e. The number of fused-ring (bicyclic) bond motifs is 1. The van der Waals surface area contributed by atoms with Crippen LogP contribution in [0, 0.1) is 0 Å². The predicted molar refractivity (Wildman–Crippen MR) is 41.5 cm³/mol. The first-order chi connectivity index (χ1) is 4.88. The molecule has 0 aliphatic rings. The van der Waals surface area contributed by atoms with E-state index in [1.807, 2.05) is 12.3 Å². The third kappa shape index (κ3) is 0.636. The smallest absolute Gasteiger partial charge is 0.118 e. The summed E-state index contributed by atoms with van der Waals surface area (Å²) in [6.07, 6.45) is 5.27. The summed E-state index contributed by atoms with van der Waals surface area (Å²) in [5.41, 5.74) is 1.66. The Hall–Kier alpha value is -1.25. The van der Waals surface area contributed by atoms with E-state index in [4.69, 9.17) is 7.85 Å². The summed E-state index contributed by atoms with van der Waals surface area (Å²) >= 11 is 0. The van der Waals surface area contributed by atoms with Gasteiger partial charge in [-0.3, -0.25) is 4.98 Å². The highest BCUT2D eigenvalue weighted by atomic mass is 14.7. The van der Waals surface area contributed by atoms with Crippen molar-refractivity contribution in [1.29, 1.82) is 0 Å². The molecule has 2 rings (SSSR count). The van der Waals surface area contributed by atoms with Crippen LogP contribution in [0.15, 0.2) is 24.7 Å². The summed E-state index contributed by atoms with van der Waals surface area (Å²) in [4.78, 5) is 6.96. The van der Waals surface area contributed by atoms with Gasteiger partial charge in [0.05, 0.1) is 0 Å². The van der Waals surface area contributed by atoms with Crippen molar-refractivity contribution in [3.63, 3.8) is 0 Å². The van der Waals surface area contributed by atoms with Crippen LogP contribution in [-0.2, 0) is 0 Å². The molecule has 0 aliphatic heterocycles.